The Bertz CT molecular complexity index is 947. The van der Waals surface area contributed by atoms with Crippen molar-refractivity contribution in [2.75, 3.05) is 17.2 Å². The molecule has 4 rings (SSSR count). The number of amides is 1. The molecular formula is C20H19N3OS3. The monoisotopic (exact) mass is 413 g/mol. The molecule has 1 atom stereocenters. The molecule has 2 aromatic heterocycles. The molecule has 1 aliphatic heterocycles. The van der Waals surface area contributed by atoms with Crippen molar-refractivity contribution >= 4 is 57.3 Å². The molecule has 1 aliphatic rings. The number of rotatable bonds is 3. The van der Waals surface area contributed by atoms with Gasteiger partial charge in [0.15, 0.2) is 5.11 Å². The van der Waals surface area contributed by atoms with Gasteiger partial charge in [-0.3, -0.25) is 4.79 Å². The molecule has 3 heterocycles. The fourth-order valence-corrected chi connectivity index (χ4v) is 5.40. The highest BCUT2D eigenvalue weighted by Crippen LogP contribution is 2.39. The molecule has 27 heavy (non-hydrogen) atoms. The van der Waals surface area contributed by atoms with Crippen molar-refractivity contribution in [3.8, 4) is 0 Å². The molecule has 1 amide bonds. The zero-order valence-electron chi connectivity index (χ0n) is 14.8. The Balaban J connectivity index is 1.55. The molecule has 4 nitrogen and oxygen atoms in total. The van der Waals surface area contributed by atoms with Crippen molar-refractivity contribution in [1.29, 1.82) is 0 Å². The summed E-state index contributed by atoms with van der Waals surface area (Å²) in [4.78, 5) is 16.2. The number of carbonyl (C=O) groups is 1. The molecule has 0 bridgehead atoms. The highest BCUT2D eigenvalue weighted by atomic mass is 32.1. The molecule has 1 aromatic carbocycles. The number of thiophene rings is 2. The number of fused-ring (bicyclic) bond motifs is 1. The summed E-state index contributed by atoms with van der Waals surface area (Å²) in [5.41, 5.74) is 3.05. The number of nitrogens with zero attached hydrogens (tertiary/aromatic N) is 1. The van der Waals surface area contributed by atoms with Crippen molar-refractivity contribution in [1.82, 2.24) is 4.90 Å². The maximum Gasteiger partial charge on any atom is 0.221 e. The third kappa shape index (κ3) is 3.90. The van der Waals surface area contributed by atoms with Gasteiger partial charge >= 0.3 is 0 Å². The second kappa shape index (κ2) is 7.80. The van der Waals surface area contributed by atoms with E-state index in [0.717, 1.165) is 29.5 Å². The van der Waals surface area contributed by atoms with Crippen molar-refractivity contribution < 1.29 is 4.79 Å². The van der Waals surface area contributed by atoms with Crippen molar-refractivity contribution in [2.45, 2.75) is 19.4 Å². The van der Waals surface area contributed by atoms with Gasteiger partial charge in [0.1, 0.15) is 0 Å². The number of anilines is 2. The molecule has 0 spiro atoms. The fraction of sp³-hybridized carbons (Fsp3) is 0.200. The van der Waals surface area contributed by atoms with Crippen molar-refractivity contribution in [3.63, 3.8) is 0 Å². The van der Waals surface area contributed by atoms with Gasteiger partial charge < -0.3 is 15.5 Å². The summed E-state index contributed by atoms with van der Waals surface area (Å²) < 4.78 is 0. The predicted molar refractivity (Wildman–Crippen MR) is 118 cm³/mol. The second-order valence-corrected chi connectivity index (χ2v) is 8.72. The normalized spacial score (nSPS) is 15.9. The molecule has 0 saturated carbocycles. The van der Waals surface area contributed by atoms with Gasteiger partial charge in [0, 0.05) is 34.6 Å². The Kier molecular flexibility index (Phi) is 5.24. The first-order valence-corrected chi connectivity index (χ1v) is 10.8. The van der Waals surface area contributed by atoms with E-state index >= 15 is 0 Å². The quantitative estimate of drug-likeness (QED) is 0.586. The van der Waals surface area contributed by atoms with Gasteiger partial charge in [-0.15, -0.1) is 22.7 Å². The van der Waals surface area contributed by atoms with E-state index in [1.807, 2.05) is 35.6 Å². The molecule has 0 fully saturated rings. The van der Waals surface area contributed by atoms with Crippen LogP contribution in [0.1, 0.15) is 28.3 Å². The van der Waals surface area contributed by atoms with E-state index in [1.165, 1.54) is 22.2 Å². The topological polar surface area (TPSA) is 44.4 Å². The first kappa shape index (κ1) is 18.2. The molecule has 0 radical (unpaired) electrons. The van der Waals surface area contributed by atoms with Crippen molar-refractivity contribution in [2.24, 2.45) is 0 Å². The number of benzene rings is 1. The summed E-state index contributed by atoms with van der Waals surface area (Å²) in [6, 6.07) is 14.3. The molecule has 0 saturated heterocycles. The molecule has 0 aliphatic carbocycles. The van der Waals surface area contributed by atoms with Crippen LogP contribution in [0.2, 0.25) is 0 Å². The summed E-state index contributed by atoms with van der Waals surface area (Å²) in [5, 5.41) is 11.1. The van der Waals surface area contributed by atoms with E-state index in [0.29, 0.717) is 0 Å². The van der Waals surface area contributed by atoms with Crippen LogP contribution in [0.4, 0.5) is 11.4 Å². The number of carbonyl (C=O) groups excluding carboxylic acids is 1. The van der Waals surface area contributed by atoms with Crippen LogP contribution in [0.25, 0.3) is 0 Å². The van der Waals surface area contributed by atoms with E-state index in [9.17, 15) is 4.79 Å². The average molecular weight is 414 g/mol. The highest BCUT2D eigenvalue weighted by Gasteiger charge is 2.31. The van der Waals surface area contributed by atoms with Gasteiger partial charge in [0.05, 0.1) is 6.04 Å². The van der Waals surface area contributed by atoms with E-state index in [1.54, 1.807) is 11.3 Å². The predicted octanol–water partition coefficient (Wildman–Crippen LogP) is 5.11. The summed E-state index contributed by atoms with van der Waals surface area (Å²) >= 11 is 9.36. The standard InChI is InChI=1S/C20H19N3OS3/c1-13(24)21-14-4-6-15(7-5-14)22-20(25)23-10-8-17-16(9-12-27-17)19(23)18-3-2-11-26-18/h2-7,9,11-12,19H,8,10H2,1H3,(H,21,24)(H,22,25). The maximum absolute atomic E-state index is 11.2. The first-order chi connectivity index (χ1) is 13.1. The second-order valence-electron chi connectivity index (χ2n) is 6.35. The minimum atomic E-state index is -0.0788. The molecule has 2 N–H and O–H groups in total. The first-order valence-electron chi connectivity index (χ1n) is 8.67. The zero-order valence-corrected chi connectivity index (χ0v) is 17.2. The molecule has 7 heteroatoms. The maximum atomic E-state index is 11.2. The van der Waals surface area contributed by atoms with Crippen LogP contribution in [-0.2, 0) is 11.2 Å². The van der Waals surface area contributed by atoms with Gasteiger partial charge in [-0.25, -0.2) is 0 Å². The van der Waals surface area contributed by atoms with Gasteiger partial charge in [-0.2, -0.15) is 0 Å². The van der Waals surface area contributed by atoms with Gasteiger partial charge in [0.2, 0.25) is 5.91 Å². The Hall–Kier alpha value is -2.22. The Morgan fingerprint density at radius 3 is 2.48 bits per heavy atom. The van der Waals surface area contributed by atoms with Crippen LogP contribution in [0, 0.1) is 0 Å². The Morgan fingerprint density at radius 1 is 1.07 bits per heavy atom. The summed E-state index contributed by atoms with van der Waals surface area (Å²) in [6.07, 6.45) is 1.01. The average Bonchev–Trinajstić information content (AvgIpc) is 3.33. The number of hydrogen-bond acceptors (Lipinski definition) is 4. The van der Waals surface area contributed by atoms with Gasteiger partial charge in [-0.1, -0.05) is 6.07 Å². The zero-order chi connectivity index (χ0) is 18.8. The lowest BCUT2D eigenvalue weighted by Gasteiger charge is -2.37. The van der Waals surface area contributed by atoms with Crippen LogP contribution in [0.3, 0.4) is 0 Å². The lowest BCUT2D eigenvalue weighted by molar-refractivity contribution is -0.114. The largest absolute Gasteiger partial charge is 0.337 e. The molecule has 3 aromatic rings. The summed E-state index contributed by atoms with van der Waals surface area (Å²) in [6.45, 7) is 2.40. The third-order valence-electron chi connectivity index (χ3n) is 4.50. The minimum Gasteiger partial charge on any atom is -0.337 e. The highest BCUT2D eigenvalue weighted by molar-refractivity contribution is 7.80. The molecule has 138 valence electrons. The number of nitrogens with one attached hydrogen (secondary N) is 2. The van der Waals surface area contributed by atoms with E-state index < -0.39 is 0 Å². The van der Waals surface area contributed by atoms with Crippen LogP contribution in [0.5, 0.6) is 0 Å². The fourth-order valence-electron chi connectivity index (χ4n) is 3.32. The van der Waals surface area contributed by atoms with Gasteiger partial charge in [0.25, 0.3) is 0 Å². The Labute approximate surface area is 171 Å². The molecule has 1 unspecified atom stereocenters. The lowest BCUT2D eigenvalue weighted by Crippen LogP contribution is -2.42. The number of thiocarbonyl (C=S) groups is 1. The number of hydrogen-bond donors (Lipinski definition) is 2. The van der Waals surface area contributed by atoms with Crippen LogP contribution in [0.15, 0.2) is 53.2 Å². The summed E-state index contributed by atoms with van der Waals surface area (Å²) in [7, 11) is 0. The smallest absolute Gasteiger partial charge is 0.221 e. The minimum absolute atomic E-state index is 0.0788. The molecular weight excluding hydrogens is 394 g/mol. The van der Waals surface area contributed by atoms with E-state index in [2.05, 4.69) is 44.5 Å². The Morgan fingerprint density at radius 2 is 1.81 bits per heavy atom. The van der Waals surface area contributed by atoms with Crippen LogP contribution in [-0.4, -0.2) is 22.5 Å². The van der Waals surface area contributed by atoms with Gasteiger partial charge in [-0.05, 0) is 71.4 Å². The SMILES string of the molecule is CC(=O)Nc1ccc(NC(=S)N2CCc3sccc3C2c2cccs2)cc1. The van der Waals surface area contributed by atoms with E-state index in [4.69, 9.17) is 12.2 Å². The summed E-state index contributed by atoms with van der Waals surface area (Å²) in [5.74, 6) is -0.0788. The van der Waals surface area contributed by atoms with Crippen LogP contribution < -0.4 is 10.6 Å². The van der Waals surface area contributed by atoms with E-state index in [-0.39, 0.29) is 11.9 Å². The van der Waals surface area contributed by atoms with Crippen molar-refractivity contribution in [3.05, 3.63) is 68.5 Å². The van der Waals surface area contributed by atoms with Crippen LogP contribution >= 0.6 is 34.9 Å². The third-order valence-corrected chi connectivity index (χ3v) is 6.75. The lowest BCUT2D eigenvalue weighted by atomic mass is 9.99.